The van der Waals surface area contributed by atoms with Crippen LogP contribution in [0, 0.1) is 0 Å². The predicted molar refractivity (Wildman–Crippen MR) is 53.2 cm³/mol. The highest BCUT2D eigenvalue weighted by Crippen LogP contribution is 2.18. The molecule has 0 aliphatic carbocycles. The molecule has 2 amide bonds. The summed E-state index contributed by atoms with van der Waals surface area (Å²) < 4.78 is 0. The quantitative estimate of drug-likeness (QED) is 0.677. The normalized spacial score (nSPS) is 26.3. The van der Waals surface area contributed by atoms with Gasteiger partial charge in [-0.3, -0.25) is 4.90 Å². The van der Waals surface area contributed by atoms with Crippen LogP contribution in [-0.2, 0) is 0 Å². The number of carbonyl (C=O) groups excluding carboxylic acids is 1. The lowest BCUT2D eigenvalue weighted by Gasteiger charge is -2.35. The molecule has 0 aromatic rings. The molecule has 1 unspecified atom stereocenters. The van der Waals surface area contributed by atoms with Gasteiger partial charge in [-0.25, -0.2) is 4.79 Å². The largest absolute Gasteiger partial charge is 0.342 e. The molecule has 0 spiro atoms. The molecule has 1 saturated heterocycles. The Bertz CT molecular complexity index is 266. The maximum Gasteiger partial charge on any atom is 0.320 e. The van der Waals surface area contributed by atoms with Crippen LogP contribution in [0.2, 0.25) is 0 Å². The molecular formula is C9H16N4O. The summed E-state index contributed by atoms with van der Waals surface area (Å²) in [5.41, 5.74) is 0. The maximum absolute atomic E-state index is 11.5. The smallest absolute Gasteiger partial charge is 0.320 e. The fraction of sp³-hybridized carbons (Fsp3) is 0.667. The molecular weight excluding hydrogens is 180 g/mol. The number of hydrogen-bond acceptors (Lipinski definition) is 3. The van der Waals surface area contributed by atoms with Crippen LogP contribution >= 0.6 is 0 Å². The summed E-state index contributed by atoms with van der Waals surface area (Å²) >= 11 is 0. The zero-order valence-corrected chi connectivity index (χ0v) is 8.60. The Kier molecular flexibility index (Phi) is 2.23. The number of carbonyl (C=O) groups is 1. The average molecular weight is 196 g/mol. The minimum absolute atomic E-state index is 0.0315. The first-order chi connectivity index (χ1) is 6.74. The topological polar surface area (TPSA) is 38.8 Å². The third-order valence-corrected chi connectivity index (χ3v) is 2.69. The second-order valence-electron chi connectivity index (χ2n) is 3.57. The van der Waals surface area contributed by atoms with Crippen LogP contribution in [0.1, 0.15) is 6.92 Å². The Balaban J connectivity index is 2.12. The molecule has 1 atom stereocenters. The molecule has 0 saturated carbocycles. The van der Waals surface area contributed by atoms with E-state index in [0.717, 1.165) is 19.6 Å². The van der Waals surface area contributed by atoms with Crippen LogP contribution in [0.15, 0.2) is 12.4 Å². The lowest BCUT2D eigenvalue weighted by Crippen LogP contribution is -2.51. The van der Waals surface area contributed by atoms with Gasteiger partial charge in [0, 0.05) is 39.1 Å². The third-order valence-electron chi connectivity index (χ3n) is 2.69. The summed E-state index contributed by atoms with van der Waals surface area (Å²) in [6.07, 6.45) is 4.08. The number of hydrogen-bond donors (Lipinski definition) is 1. The molecule has 0 radical (unpaired) electrons. The van der Waals surface area contributed by atoms with Gasteiger partial charge in [0.2, 0.25) is 0 Å². The van der Waals surface area contributed by atoms with E-state index in [1.807, 2.05) is 24.3 Å². The summed E-state index contributed by atoms with van der Waals surface area (Å²) in [6.45, 7) is 4.53. The lowest BCUT2D eigenvalue weighted by molar-refractivity contribution is 0.0496. The van der Waals surface area contributed by atoms with Crippen molar-refractivity contribution in [2.45, 2.75) is 13.2 Å². The third kappa shape index (κ3) is 1.29. The molecule has 1 fully saturated rings. The van der Waals surface area contributed by atoms with Crippen molar-refractivity contribution in [2.75, 3.05) is 26.7 Å². The zero-order chi connectivity index (χ0) is 10.1. The van der Waals surface area contributed by atoms with E-state index in [-0.39, 0.29) is 12.3 Å². The van der Waals surface area contributed by atoms with Gasteiger partial charge in [-0.05, 0) is 6.92 Å². The van der Waals surface area contributed by atoms with Crippen LogP contribution in [0.5, 0.6) is 0 Å². The van der Waals surface area contributed by atoms with Gasteiger partial charge in [0.15, 0.2) is 6.29 Å². The van der Waals surface area contributed by atoms with Gasteiger partial charge in [0.25, 0.3) is 0 Å². The number of nitrogens with zero attached hydrogens (tertiary/aromatic N) is 3. The van der Waals surface area contributed by atoms with E-state index >= 15 is 0 Å². The van der Waals surface area contributed by atoms with Crippen molar-refractivity contribution in [2.24, 2.45) is 0 Å². The van der Waals surface area contributed by atoms with Crippen molar-refractivity contribution in [1.29, 1.82) is 0 Å². The van der Waals surface area contributed by atoms with Gasteiger partial charge in [-0.2, -0.15) is 0 Å². The van der Waals surface area contributed by atoms with Crippen molar-refractivity contribution in [3.63, 3.8) is 0 Å². The summed E-state index contributed by atoms with van der Waals surface area (Å²) in [5, 5.41) is 2.82. The fourth-order valence-corrected chi connectivity index (χ4v) is 1.95. The fourth-order valence-electron chi connectivity index (χ4n) is 1.95. The highest BCUT2D eigenvalue weighted by atomic mass is 16.2. The molecule has 0 aromatic carbocycles. The molecule has 78 valence electrons. The molecule has 2 rings (SSSR count). The molecule has 2 heterocycles. The van der Waals surface area contributed by atoms with Crippen molar-refractivity contribution in [1.82, 2.24) is 20.0 Å². The second-order valence-corrected chi connectivity index (χ2v) is 3.57. The number of urea groups is 1. The first kappa shape index (κ1) is 9.18. The van der Waals surface area contributed by atoms with Gasteiger partial charge in [0.05, 0.1) is 0 Å². The van der Waals surface area contributed by atoms with Crippen molar-refractivity contribution >= 4 is 6.03 Å². The van der Waals surface area contributed by atoms with Gasteiger partial charge in [0.1, 0.15) is 0 Å². The molecule has 14 heavy (non-hydrogen) atoms. The monoisotopic (exact) mass is 196 g/mol. The Morgan fingerprint density at radius 1 is 1.57 bits per heavy atom. The SMILES string of the molecule is CCN1C=CN(C)C1N1CCNC1=O. The lowest BCUT2D eigenvalue weighted by atomic mass is 10.5. The van der Waals surface area contributed by atoms with Crippen molar-refractivity contribution < 1.29 is 4.79 Å². The van der Waals surface area contributed by atoms with Crippen molar-refractivity contribution in [3.05, 3.63) is 12.4 Å². The van der Waals surface area contributed by atoms with E-state index in [1.165, 1.54) is 0 Å². The Morgan fingerprint density at radius 2 is 2.36 bits per heavy atom. The van der Waals surface area contributed by atoms with E-state index in [1.54, 1.807) is 0 Å². The molecule has 2 aliphatic rings. The van der Waals surface area contributed by atoms with E-state index in [9.17, 15) is 4.79 Å². The minimum atomic E-state index is 0.0315. The summed E-state index contributed by atoms with van der Waals surface area (Å²) in [4.78, 5) is 17.5. The Hall–Kier alpha value is -1.39. The van der Waals surface area contributed by atoms with Gasteiger partial charge >= 0.3 is 6.03 Å². The summed E-state index contributed by atoms with van der Waals surface area (Å²) in [6, 6.07) is 0.0315. The van der Waals surface area contributed by atoms with E-state index in [2.05, 4.69) is 22.0 Å². The minimum Gasteiger partial charge on any atom is -0.342 e. The number of rotatable bonds is 2. The summed E-state index contributed by atoms with van der Waals surface area (Å²) in [5.74, 6) is 0. The maximum atomic E-state index is 11.5. The van der Waals surface area contributed by atoms with E-state index in [0.29, 0.717) is 0 Å². The first-order valence-electron chi connectivity index (χ1n) is 4.94. The highest BCUT2D eigenvalue weighted by molar-refractivity contribution is 5.76. The predicted octanol–water partition coefficient (Wildman–Crippen LogP) is 0.0337. The molecule has 2 aliphatic heterocycles. The molecule has 5 heteroatoms. The first-order valence-corrected chi connectivity index (χ1v) is 4.94. The Morgan fingerprint density at radius 3 is 2.93 bits per heavy atom. The number of amides is 2. The van der Waals surface area contributed by atoms with Crippen molar-refractivity contribution in [3.8, 4) is 0 Å². The highest BCUT2D eigenvalue weighted by Gasteiger charge is 2.34. The van der Waals surface area contributed by atoms with Crippen LogP contribution in [0.4, 0.5) is 4.79 Å². The standard InChI is InChI=1S/C9H16N4O/c1-3-12-7-6-11(2)9(12)13-5-4-10-8(13)14/h6-7,9H,3-5H2,1-2H3,(H,10,14). The van der Waals surface area contributed by atoms with Crippen LogP contribution in [0.25, 0.3) is 0 Å². The van der Waals surface area contributed by atoms with Gasteiger partial charge in [-0.1, -0.05) is 0 Å². The van der Waals surface area contributed by atoms with E-state index in [4.69, 9.17) is 0 Å². The molecule has 5 nitrogen and oxygen atoms in total. The van der Waals surface area contributed by atoms with Crippen LogP contribution < -0.4 is 5.32 Å². The zero-order valence-electron chi connectivity index (χ0n) is 8.60. The van der Waals surface area contributed by atoms with Crippen LogP contribution in [0.3, 0.4) is 0 Å². The Labute approximate surface area is 83.9 Å². The van der Waals surface area contributed by atoms with Gasteiger partial charge < -0.3 is 15.1 Å². The summed E-state index contributed by atoms with van der Waals surface area (Å²) in [7, 11) is 1.99. The average Bonchev–Trinajstić information content (AvgIpc) is 2.72. The number of nitrogens with one attached hydrogen (secondary N) is 1. The second kappa shape index (κ2) is 3.40. The molecule has 1 N–H and O–H groups in total. The van der Waals surface area contributed by atoms with Gasteiger partial charge in [-0.15, -0.1) is 0 Å². The molecule has 0 aromatic heterocycles. The molecule has 0 bridgehead atoms. The van der Waals surface area contributed by atoms with Crippen LogP contribution in [-0.4, -0.2) is 53.7 Å². The van der Waals surface area contributed by atoms with E-state index < -0.39 is 0 Å².